The van der Waals surface area contributed by atoms with Crippen molar-refractivity contribution in [3.8, 4) is 0 Å². The monoisotopic (exact) mass is 395 g/mol. The number of piperazine rings is 1. The molecule has 2 N–H and O–H groups in total. The molecule has 0 saturated carbocycles. The van der Waals surface area contributed by atoms with Crippen molar-refractivity contribution >= 4 is 23.6 Å². The van der Waals surface area contributed by atoms with Gasteiger partial charge in [0.05, 0.1) is 0 Å². The number of fused-ring (bicyclic) bond motifs is 1. The van der Waals surface area contributed by atoms with Crippen molar-refractivity contribution in [2.45, 2.75) is 42.4 Å². The minimum atomic E-state index is -0.469. The first-order valence-corrected chi connectivity index (χ1v) is 10.9. The zero-order valence-electron chi connectivity index (χ0n) is 15.9. The van der Waals surface area contributed by atoms with Gasteiger partial charge >= 0.3 is 0 Å². The summed E-state index contributed by atoms with van der Waals surface area (Å²) in [6.45, 7) is 1.33. The fourth-order valence-electron chi connectivity index (χ4n) is 4.04. The van der Waals surface area contributed by atoms with E-state index in [0.717, 1.165) is 12.1 Å². The SMILES string of the molecule is CSc1cccc(CN[C@H]2C[C@H]3C(=O)N[C@@H](Cc4ccccc4)C(=O)N3C2)c1. The van der Waals surface area contributed by atoms with Crippen LogP contribution in [0.25, 0.3) is 0 Å². The molecule has 2 amide bonds. The van der Waals surface area contributed by atoms with Gasteiger partial charge in [0.1, 0.15) is 12.1 Å². The van der Waals surface area contributed by atoms with Crippen molar-refractivity contribution < 1.29 is 9.59 Å². The van der Waals surface area contributed by atoms with E-state index in [0.29, 0.717) is 19.4 Å². The first kappa shape index (κ1) is 19.0. The molecule has 0 radical (unpaired) electrons. The van der Waals surface area contributed by atoms with Crippen molar-refractivity contribution in [1.82, 2.24) is 15.5 Å². The summed E-state index contributed by atoms with van der Waals surface area (Å²) in [6, 6.07) is 17.6. The highest BCUT2D eigenvalue weighted by Gasteiger charge is 2.46. The minimum Gasteiger partial charge on any atom is -0.342 e. The zero-order valence-corrected chi connectivity index (χ0v) is 16.7. The van der Waals surface area contributed by atoms with E-state index in [9.17, 15) is 9.59 Å². The molecule has 0 spiro atoms. The lowest BCUT2D eigenvalue weighted by molar-refractivity contribution is -0.147. The molecule has 2 aliphatic heterocycles. The van der Waals surface area contributed by atoms with E-state index in [1.807, 2.05) is 30.3 Å². The van der Waals surface area contributed by atoms with Crippen LogP contribution in [0.2, 0.25) is 0 Å². The Bertz CT molecular complexity index is 858. The number of nitrogens with one attached hydrogen (secondary N) is 2. The Labute approximate surface area is 169 Å². The number of thioether (sulfide) groups is 1. The fraction of sp³-hybridized carbons (Fsp3) is 0.364. The Hall–Kier alpha value is -2.31. The van der Waals surface area contributed by atoms with Crippen LogP contribution in [0.1, 0.15) is 17.5 Å². The van der Waals surface area contributed by atoms with E-state index in [2.05, 4.69) is 41.2 Å². The molecule has 146 valence electrons. The van der Waals surface area contributed by atoms with Crippen molar-refractivity contribution in [3.05, 3.63) is 65.7 Å². The predicted molar refractivity (Wildman–Crippen MR) is 111 cm³/mol. The molecule has 2 aliphatic rings. The van der Waals surface area contributed by atoms with E-state index >= 15 is 0 Å². The summed E-state index contributed by atoms with van der Waals surface area (Å²) in [7, 11) is 0. The highest BCUT2D eigenvalue weighted by molar-refractivity contribution is 7.98. The molecule has 3 atom stereocenters. The normalized spacial score (nSPS) is 24.2. The minimum absolute atomic E-state index is 0.0298. The topological polar surface area (TPSA) is 61.4 Å². The van der Waals surface area contributed by atoms with Crippen LogP contribution in [0.5, 0.6) is 0 Å². The van der Waals surface area contributed by atoms with Gasteiger partial charge in [-0.25, -0.2) is 0 Å². The Morgan fingerprint density at radius 1 is 1.11 bits per heavy atom. The third-order valence-corrected chi connectivity index (χ3v) is 6.24. The summed E-state index contributed by atoms with van der Waals surface area (Å²) >= 11 is 1.73. The first-order valence-electron chi connectivity index (χ1n) is 9.65. The van der Waals surface area contributed by atoms with Gasteiger partial charge in [-0.05, 0) is 35.9 Å². The Morgan fingerprint density at radius 2 is 1.89 bits per heavy atom. The number of carbonyl (C=O) groups is 2. The lowest BCUT2D eigenvalue weighted by atomic mass is 10.0. The molecule has 5 nitrogen and oxygen atoms in total. The number of amides is 2. The van der Waals surface area contributed by atoms with Crippen LogP contribution in [0.15, 0.2) is 59.5 Å². The predicted octanol–water partition coefficient (Wildman–Crippen LogP) is 2.21. The largest absolute Gasteiger partial charge is 0.342 e. The van der Waals surface area contributed by atoms with Crippen LogP contribution in [0.4, 0.5) is 0 Å². The summed E-state index contributed by atoms with van der Waals surface area (Å²) in [5.74, 6) is -0.00338. The first-order chi connectivity index (χ1) is 13.6. The lowest BCUT2D eigenvalue weighted by Crippen LogP contribution is -2.61. The summed E-state index contributed by atoms with van der Waals surface area (Å²) in [4.78, 5) is 28.5. The van der Waals surface area contributed by atoms with Crippen LogP contribution in [-0.2, 0) is 22.6 Å². The fourth-order valence-corrected chi connectivity index (χ4v) is 4.52. The highest BCUT2D eigenvalue weighted by Crippen LogP contribution is 2.24. The van der Waals surface area contributed by atoms with Gasteiger partial charge in [-0.3, -0.25) is 9.59 Å². The second-order valence-corrected chi connectivity index (χ2v) is 8.30. The number of carbonyl (C=O) groups excluding carboxylic acids is 2. The Balaban J connectivity index is 1.38. The molecule has 2 aromatic carbocycles. The second-order valence-electron chi connectivity index (χ2n) is 7.42. The molecular formula is C22H25N3O2S. The smallest absolute Gasteiger partial charge is 0.246 e. The number of hydrogen-bond donors (Lipinski definition) is 2. The number of benzene rings is 2. The molecule has 4 rings (SSSR count). The van der Waals surface area contributed by atoms with Crippen molar-refractivity contribution in [3.63, 3.8) is 0 Å². The molecule has 28 heavy (non-hydrogen) atoms. The molecule has 6 heteroatoms. The summed E-state index contributed by atoms with van der Waals surface area (Å²) in [5.41, 5.74) is 2.27. The van der Waals surface area contributed by atoms with E-state index < -0.39 is 6.04 Å². The van der Waals surface area contributed by atoms with E-state index in [1.54, 1.807) is 16.7 Å². The van der Waals surface area contributed by atoms with Crippen molar-refractivity contribution in [2.75, 3.05) is 12.8 Å². The van der Waals surface area contributed by atoms with Crippen LogP contribution in [0.3, 0.4) is 0 Å². The molecule has 2 fully saturated rings. The second kappa shape index (κ2) is 8.37. The van der Waals surface area contributed by atoms with Gasteiger partial charge in [0.25, 0.3) is 0 Å². The van der Waals surface area contributed by atoms with Gasteiger partial charge in [0.2, 0.25) is 11.8 Å². The quantitative estimate of drug-likeness (QED) is 0.737. The average molecular weight is 396 g/mol. The zero-order chi connectivity index (χ0) is 19.5. The number of nitrogens with zero attached hydrogens (tertiary/aromatic N) is 1. The standard InChI is InChI=1S/C22H25N3O2S/c1-28-18-9-5-8-16(10-18)13-23-17-12-20-21(26)24-19(22(27)25(20)14-17)11-15-6-3-2-4-7-15/h2-10,17,19-20,23H,11-14H2,1H3,(H,24,26)/t17-,19-,20-/m0/s1. The van der Waals surface area contributed by atoms with Gasteiger partial charge in [-0.15, -0.1) is 11.8 Å². The lowest BCUT2D eigenvalue weighted by Gasteiger charge is -2.34. The molecule has 2 saturated heterocycles. The Morgan fingerprint density at radius 3 is 2.68 bits per heavy atom. The van der Waals surface area contributed by atoms with Gasteiger partial charge in [0, 0.05) is 30.4 Å². The van der Waals surface area contributed by atoms with E-state index in [1.165, 1.54) is 10.5 Å². The molecule has 0 aliphatic carbocycles. The number of hydrogen-bond acceptors (Lipinski definition) is 4. The van der Waals surface area contributed by atoms with Gasteiger partial charge in [-0.1, -0.05) is 42.5 Å². The molecule has 0 aromatic heterocycles. The van der Waals surface area contributed by atoms with Crippen molar-refractivity contribution in [1.29, 1.82) is 0 Å². The van der Waals surface area contributed by atoms with Crippen LogP contribution >= 0.6 is 11.8 Å². The van der Waals surface area contributed by atoms with Crippen molar-refractivity contribution in [2.24, 2.45) is 0 Å². The summed E-state index contributed by atoms with van der Waals surface area (Å²) in [5, 5.41) is 6.46. The summed E-state index contributed by atoms with van der Waals surface area (Å²) in [6.07, 6.45) is 3.27. The average Bonchev–Trinajstić information content (AvgIpc) is 3.16. The van der Waals surface area contributed by atoms with Gasteiger partial charge in [0.15, 0.2) is 0 Å². The van der Waals surface area contributed by atoms with Gasteiger partial charge in [-0.2, -0.15) is 0 Å². The molecule has 0 bridgehead atoms. The molecule has 0 unspecified atom stereocenters. The van der Waals surface area contributed by atoms with E-state index in [4.69, 9.17) is 0 Å². The molecule has 2 heterocycles. The maximum absolute atomic E-state index is 12.9. The van der Waals surface area contributed by atoms with E-state index in [-0.39, 0.29) is 23.9 Å². The van der Waals surface area contributed by atoms with Crippen LogP contribution in [-0.4, -0.2) is 47.6 Å². The molecule has 2 aromatic rings. The Kier molecular flexibility index (Phi) is 5.69. The highest BCUT2D eigenvalue weighted by atomic mass is 32.2. The van der Waals surface area contributed by atoms with Crippen LogP contribution < -0.4 is 10.6 Å². The maximum atomic E-state index is 12.9. The number of rotatable bonds is 6. The van der Waals surface area contributed by atoms with Gasteiger partial charge < -0.3 is 15.5 Å². The maximum Gasteiger partial charge on any atom is 0.246 e. The third kappa shape index (κ3) is 4.08. The van der Waals surface area contributed by atoms with Crippen LogP contribution in [0, 0.1) is 0 Å². The summed E-state index contributed by atoms with van der Waals surface area (Å²) < 4.78 is 0. The molecular weight excluding hydrogens is 370 g/mol. The third-order valence-electron chi connectivity index (χ3n) is 5.51.